The molecule has 0 saturated heterocycles. The Bertz CT molecular complexity index is 613. The van der Waals surface area contributed by atoms with Gasteiger partial charge in [-0.3, -0.25) is 4.79 Å². The van der Waals surface area contributed by atoms with Crippen LogP contribution >= 0.6 is 0 Å². The van der Waals surface area contributed by atoms with Crippen LogP contribution in [0.25, 0.3) is 0 Å². The van der Waals surface area contributed by atoms with Crippen LogP contribution in [0.4, 0.5) is 0 Å². The maximum Gasteiger partial charge on any atom is 0.314 e. The highest BCUT2D eigenvalue weighted by molar-refractivity contribution is 5.79. The summed E-state index contributed by atoms with van der Waals surface area (Å²) in [6, 6.07) is 10.6. The van der Waals surface area contributed by atoms with E-state index in [0.717, 1.165) is 44.9 Å². The van der Waals surface area contributed by atoms with E-state index in [4.69, 9.17) is 4.74 Å². The van der Waals surface area contributed by atoms with Crippen molar-refractivity contribution < 1.29 is 14.6 Å². The van der Waals surface area contributed by atoms with Gasteiger partial charge in [0.2, 0.25) is 0 Å². The summed E-state index contributed by atoms with van der Waals surface area (Å²) in [5.41, 5.74) is -0.0259. The largest absolute Gasteiger partial charge is 0.469 e. The molecule has 3 aliphatic rings. The minimum absolute atomic E-state index is 0.170. The Morgan fingerprint density at radius 2 is 2.00 bits per heavy atom. The van der Waals surface area contributed by atoms with Crippen LogP contribution in [-0.4, -0.2) is 23.8 Å². The summed E-state index contributed by atoms with van der Waals surface area (Å²) in [5, 5.41) is 11.5. The van der Waals surface area contributed by atoms with Crippen molar-refractivity contribution in [1.82, 2.24) is 0 Å². The molecular weight excluding hydrogens is 300 g/mol. The van der Waals surface area contributed by atoms with E-state index in [1.807, 2.05) is 0 Å². The first-order valence-electron chi connectivity index (χ1n) is 9.45. The fraction of sp³-hybridized carbons (Fsp3) is 0.667. The van der Waals surface area contributed by atoms with E-state index in [1.165, 1.54) is 19.1 Å². The molecule has 3 nitrogen and oxygen atoms in total. The maximum absolute atomic E-state index is 12.5. The number of hydrogen-bond acceptors (Lipinski definition) is 3. The van der Waals surface area contributed by atoms with Crippen molar-refractivity contribution in [3.63, 3.8) is 0 Å². The predicted octanol–water partition coefficient (Wildman–Crippen LogP) is 3.74. The molecule has 1 aromatic carbocycles. The molecule has 130 valence electrons. The summed E-state index contributed by atoms with van der Waals surface area (Å²) in [7, 11) is 1.46. The SMILES string of the molecule is COC(=O)[C@@]12CC[C@@H]3[C@@H](CCCc4ccccc4)C[C@@]1(O)[C@@H]3CC2. The minimum Gasteiger partial charge on any atom is -0.469 e. The fourth-order valence-corrected chi connectivity index (χ4v) is 6.30. The second kappa shape index (κ2) is 5.87. The average Bonchev–Trinajstić information content (AvgIpc) is 2.88. The van der Waals surface area contributed by atoms with E-state index in [9.17, 15) is 9.90 Å². The number of ether oxygens (including phenoxy) is 1. The van der Waals surface area contributed by atoms with E-state index in [2.05, 4.69) is 30.3 Å². The number of carbonyl (C=O) groups is 1. The highest BCUT2D eigenvalue weighted by atomic mass is 16.5. The molecule has 3 saturated carbocycles. The molecule has 0 unspecified atom stereocenters. The van der Waals surface area contributed by atoms with Crippen molar-refractivity contribution >= 4 is 5.97 Å². The number of hydrogen-bond donors (Lipinski definition) is 1. The molecule has 3 aliphatic carbocycles. The van der Waals surface area contributed by atoms with E-state index >= 15 is 0 Å². The number of aryl methyl sites for hydroxylation is 1. The van der Waals surface area contributed by atoms with Crippen LogP contribution in [0.5, 0.6) is 0 Å². The minimum atomic E-state index is -0.805. The second-order valence-corrected chi connectivity index (χ2v) is 8.19. The molecule has 3 heteroatoms. The third-order valence-electron chi connectivity index (χ3n) is 7.38. The van der Waals surface area contributed by atoms with Gasteiger partial charge in [0.1, 0.15) is 0 Å². The molecule has 0 aliphatic heterocycles. The molecule has 0 amide bonds. The van der Waals surface area contributed by atoms with Crippen molar-refractivity contribution in [2.75, 3.05) is 7.11 Å². The normalized spacial score (nSPS) is 39.8. The Labute approximate surface area is 144 Å². The third kappa shape index (κ3) is 2.17. The summed E-state index contributed by atoms with van der Waals surface area (Å²) in [5.74, 6) is 1.31. The van der Waals surface area contributed by atoms with Crippen LogP contribution in [0, 0.1) is 23.2 Å². The highest BCUT2D eigenvalue weighted by Crippen LogP contribution is 2.69. The molecule has 0 aromatic heterocycles. The topological polar surface area (TPSA) is 46.5 Å². The molecule has 1 N–H and O–H groups in total. The Morgan fingerprint density at radius 1 is 1.25 bits per heavy atom. The number of benzene rings is 1. The summed E-state index contributed by atoms with van der Waals surface area (Å²) in [4.78, 5) is 12.5. The van der Waals surface area contributed by atoms with Crippen LogP contribution in [0.1, 0.15) is 50.5 Å². The molecule has 24 heavy (non-hydrogen) atoms. The van der Waals surface area contributed by atoms with Crippen LogP contribution < -0.4 is 0 Å². The van der Waals surface area contributed by atoms with Gasteiger partial charge in [-0.1, -0.05) is 30.3 Å². The Morgan fingerprint density at radius 3 is 2.75 bits per heavy atom. The van der Waals surface area contributed by atoms with Gasteiger partial charge in [-0.15, -0.1) is 0 Å². The monoisotopic (exact) mass is 328 g/mol. The zero-order chi connectivity index (χ0) is 16.8. The molecule has 4 rings (SSSR count). The van der Waals surface area contributed by atoms with Crippen molar-refractivity contribution in [1.29, 1.82) is 0 Å². The number of aliphatic hydroxyl groups is 1. The third-order valence-corrected chi connectivity index (χ3v) is 7.38. The number of methoxy groups -OCH3 is 1. The van der Waals surface area contributed by atoms with Gasteiger partial charge in [-0.05, 0) is 74.7 Å². The van der Waals surface area contributed by atoms with Gasteiger partial charge in [-0.25, -0.2) is 0 Å². The van der Waals surface area contributed by atoms with Gasteiger partial charge in [0, 0.05) is 0 Å². The number of carbonyl (C=O) groups excluding carboxylic acids is 1. The lowest BCUT2D eigenvalue weighted by molar-refractivity contribution is -0.176. The Hall–Kier alpha value is -1.35. The molecule has 1 aromatic rings. The van der Waals surface area contributed by atoms with Crippen LogP contribution in [0.2, 0.25) is 0 Å². The summed E-state index contributed by atoms with van der Waals surface area (Å²) < 4.78 is 5.10. The molecule has 0 heterocycles. The second-order valence-electron chi connectivity index (χ2n) is 8.19. The molecule has 0 spiro atoms. The van der Waals surface area contributed by atoms with E-state index in [1.54, 1.807) is 0 Å². The Balaban J connectivity index is 1.45. The van der Waals surface area contributed by atoms with Gasteiger partial charge >= 0.3 is 5.97 Å². The molecule has 3 fully saturated rings. The average molecular weight is 328 g/mol. The summed E-state index contributed by atoms with van der Waals surface area (Å²) in [6.45, 7) is 0. The quantitative estimate of drug-likeness (QED) is 0.838. The summed E-state index contributed by atoms with van der Waals surface area (Å²) >= 11 is 0. The first kappa shape index (κ1) is 16.1. The van der Waals surface area contributed by atoms with Crippen LogP contribution in [0.15, 0.2) is 30.3 Å². The lowest BCUT2D eigenvalue weighted by Gasteiger charge is -2.43. The zero-order valence-electron chi connectivity index (χ0n) is 14.5. The molecule has 4 bridgehead atoms. The number of esters is 1. The fourth-order valence-electron chi connectivity index (χ4n) is 6.30. The first-order valence-corrected chi connectivity index (χ1v) is 9.45. The van der Waals surface area contributed by atoms with Crippen molar-refractivity contribution in [3.05, 3.63) is 35.9 Å². The Kier molecular flexibility index (Phi) is 3.95. The van der Waals surface area contributed by atoms with Gasteiger partial charge in [0.15, 0.2) is 0 Å². The van der Waals surface area contributed by atoms with Gasteiger partial charge < -0.3 is 9.84 Å². The van der Waals surface area contributed by atoms with Crippen molar-refractivity contribution in [2.24, 2.45) is 23.2 Å². The smallest absolute Gasteiger partial charge is 0.314 e. The van der Waals surface area contributed by atoms with Gasteiger partial charge in [0.25, 0.3) is 0 Å². The van der Waals surface area contributed by atoms with E-state index < -0.39 is 11.0 Å². The predicted molar refractivity (Wildman–Crippen MR) is 92.3 cm³/mol. The van der Waals surface area contributed by atoms with E-state index in [0.29, 0.717) is 17.8 Å². The van der Waals surface area contributed by atoms with Crippen molar-refractivity contribution in [2.45, 2.75) is 57.0 Å². The lowest BCUT2D eigenvalue weighted by Crippen LogP contribution is -2.53. The lowest BCUT2D eigenvalue weighted by atomic mass is 9.64. The summed E-state index contributed by atoms with van der Waals surface area (Å²) in [6.07, 6.45) is 7.93. The number of rotatable bonds is 5. The molecule has 5 atom stereocenters. The van der Waals surface area contributed by atoms with Crippen LogP contribution in [0.3, 0.4) is 0 Å². The van der Waals surface area contributed by atoms with Crippen molar-refractivity contribution in [3.8, 4) is 0 Å². The van der Waals surface area contributed by atoms with Gasteiger partial charge in [0.05, 0.1) is 18.1 Å². The molecular formula is C21H28O3. The van der Waals surface area contributed by atoms with Crippen LogP contribution in [-0.2, 0) is 16.0 Å². The zero-order valence-corrected chi connectivity index (χ0v) is 14.5. The molecule has 0 radical (unpaired) electrons. The first-order chi connectivity index (χ1) is 11.6. The highest BCUT2D eigenvalue weighted by Gasteiger charge is 2.72. The standard InChI is InChI=1S/C21H28O3/c1-24-19(22)20-12-10-17-16(14-21(20,23)18(17)11-13-20)9-5-8-15-6-3-2-4-7-15/h2-4,6-7,16-18,23H,5,8-14H2,1H3/t16-,17+,18+,20-,21+/m0/s1. The van der Waals surface area contributed by atoms with Gasteiger partial charge in [-0.2, -0.15) is 0 Å². The maximum atomic E-state index is 12.5. The van der Waals surface area contributed by atoms with E-state index in [-0.39, 0.29) is 5.97 Å².